The molecule has 1 atom stereocenters. The second kappa shape index (κ2) is 5.09. The van der Waals surface area contributed by atoms with Crippen molar-refractivity contribution in [3.05, 3.63) is 29.8 Å². The molecule has 17 heavy (non-hydrogen) atoms. The highest BCUT2D eigenvalue weighted by Crippen LogP contribution is 2.44. The van der Waals surface area contributed by atoms with E-state index in [0.29, 0.717) is 11.3 Å². The molecule has 0 spiro atoms. The molecule has 1 aliphatic rings. The minimum Gasteiger partial charge on any atom is -0.384 e. The molecule has 2 nitrogen and oxygen atoms in total. The van der Waals surface area contributed by atoms with E-state index in [9.17, 15) is 0 Å². The van der Waals surface area contributed by atoms with Gasteiger partial charge in [0.25, 0.3) is 0 Å². The van der Waals surface area contributed by atoms with Gasteiger partial charge in [-0.05, 0) is 54.8 Å². The van der Waals surface area contributed by atoms with Gasteiger partial charge in [0, 0.05) is 12.2 Å². The van der Waals surface area contributed by atoms with Crippen LogP contribution in [0.3, 0.4) is 0 Å². The fourth-order valence-corrected chi connectivity index (χ4v) is 2.08. The summed E-state index contributed by atoms with van der Waals surface area (Å²) >= 11 is 0. The van der Waals surface area contributed by atoms with Crippen LogP contribution in [0, 0.1) is 5.41 Å². The maximum absolute atomic E-state index is 5.77. The van der Waals surface area contributed by atoms with Crippen molar-refractivity contribution in [3.8, 4) is 0 Å². The van der Waals surface area contributed by atoms with Gasteiger partial charge in [-0.15, -0.1) is 0 Å². The average Bonchev–Trinajstić information content (AvgIpc) is 3.17. The molecule has 1 aromatic carbocycles. The van der Waals surface area contributed by atoms with Crippen LogP contribution in [-0.2, 0) is 0 Å². The van der Waals surface area contributed by atoms with E-state index in [0.717, 1.165) is 13.1 Å². The van der Waals surface area contributed by atoms with Crippen LogP contribution < -0.4 is 11.1 Å². The molecule has 0 amide bonds. The fraction of sp³-hybridized carbons (Fsp3) is 0.600. The summed E-state index contributed by atoms with van der Waals surface area (Å²) in [4.78, 5) is 0. The van der Waals surface area contributed by atoms with Gasteiger partial charge in [0.2, 0.25) is 0 Å². The van der Waals surface area contributed by atoms with E-state index < -0.39 is 0 Å². The van der Waals surface area contributed by atoms with Crippen molar-refractivity contribution in [1.82, 2.24) is 0 Å². The molecule has 0 aromatic heterocycles. The van der Waals surface area contributed by atoms with Crippen molar-refractivity contribution in [3.63, 3.8) is 0 Å². The zero-order valence-electron chi connectivity index (χ0n) is 11.0. The monoisotopic (exact) mass is 232 g/mol. The predicted octanol–water partition coefficient (Wildman–Crippen LogP) is 3.35. The molecule has 2 heteroatoms. The highest BCUT2D eigenvalue weighted by molar-refractivity contribution is 5.45. The van der Waals surface area contributed by atoms with E-state index in [-0.39, 0.29) is 0 Å². The largest absolute Gasteiger partial charge is 0.384 e. The SMILES string of the molecule is CCC(C)c1ccc(NCC2(CN)CC2)cc1. The first-order chi connectivity index (χ1) is 8.19. The molecule has 0 aliphatic heterocycles. The van der Waals surface area contributed by atoms with E-state index in [4.69, 9.17) is 5.73 Å². The Morgan fingerprint density at radius 3 is 2.41 bits per heavy atom. The summed E-state index contributed by atoms with van der Waals surface area (Å²) in [5.74, 6) is 0.655. The molecule has 1 aromatic rings. The van der Waals surface area contributed by atoms with E-state index in [1.165, 1.54) is 30.5 Å². The van der Waals surface area contributed by atoms with E-state index in [2.05, 4.69) is 43.4 Å². The molecular weight excluding hydrogens is 208 g/mol. The summed E-state index contributed by atoms with van der Waals surface area (Å²) in [6.07, 6.45) is 3.76. The molecule has 0 bridgehead atoms. The first-order valence-electron chi connectivity index (χ1n) is 6.73. The van der Waals surface area contributed by atoms with Crippen LogP contribution in [0.4, 0.5) is 5.69 Å². The Morgan fingerprint density at radius 1 is 1.29 bits per heavy atom. The van der Waals surface area contributed by atoms with Crippen LogP contribution >= 0.6 is 0 Å². The van der Waals surface area contributed by atoms with Crippen LogP contribution in [-0.4, -0.2) is 13.1 Å². The Labute approximate surface area is 105 Å². The standard InChI is InChI=1S/C15H24N2/c1-3-12(2)13-4-6-14(7-5-13)17-11-15(10-16)8-9-15/h4-7,12,17H,3,8-11,16H2,1-2H3. The van der Waals surface area contributed by atoms with Crippen molar-refractivity contribution in [1.29, 1.82) is 0 Å². The van der Waals surface area contributed by atoms with Gasteiger partial charge < -0.3 is 11.1 Å². The van der Waals surface area contributed by atoms with Crippen molar-refractivity contribution in [2.75, 3.05) is 18.4 Å². The maximum Gasteiger partial charge on any atom is 0.0340 e. The van der Waals surface area contributed by atoms with Crippen molar-refractivity contribution < 1.29 is 0 Å². The normalized spacial score (nSPS) is 18.8. The smallest absolute Gasteiger partial charge is 0.0340 e. The van der Waals surface area contributed by atoms with Crippen molar-refractivity contribution in [2.24, 2.45) is 11.1 Å². The molecule has 1 saturated carbocycles. The highest BCUT2D eigenvalue weighted by atomic mass is 14.9. The Hall–Kier alpha value is -1.02. The predicted molar refractivity (Wildman–Crippen MR) is 74.4 cm³/mol. The first kappa shape index (κ1) is 12.4. The lowest BCUT2D eigenvalue weighted by molar-refractivity contribution is 0.556. The Morgan fingerprint density at radius 2 is 1.94 bits per heavy atom. The lowest BCUT2D eigenvalue weighted by Crippen LogP contribution is -2.24. The molecule has 94 valence electrons. The first-order valence-corrected chi connectivity index (χ1v) is 6.73. The Balaban J connectivity index is 1.90. The lowest BCUT2D eigenvalue weighted by Gasteiger charge is -2.15. The molecule has 1 unspecified atom stereocenters. The van der Waals surface area contributed by atoms with Crippen LogP contribution in [0.5, 0.6) is 0 Å². The summed E-state index contributed by atoms with van der Waals surface area (Å²) in [7, 11) is 0. The van der Waals surface area contributed by atoms with Gasteiger partial charge in [0.1, 0.15) is 0 Å². The summed E-state index contributed by atoms with van der Waals surface area (Å²) in [6.45, 7) is 6.34. The molecule has 0 radical (unpaired) electrons. The molecule has 2 rings (SSSR count). The number of nitrogens with one attached hydrogen (secondary N) is 1. The summed E-state index contributed by atoms with van der Waals surface area (Å²) in [5, 5.41) is 3.50. The van der Waals surface area contributed by atoms with Crippen LogP contribution in [0.2, 0.25) is 0 Å². The number of anilines is 1. The third-order valence-corrected chi connectivity index (χ3v) is 4.15. The van der Waals surface area contributed by atoms with Gasteiger partial charge in [0.05, 0.1) is 0 Å². The zero-order chi connectivity index (χ0) is 12.3. The van der Waals surface area contributed by atoms with Gasteiger partial charge in [-0.25, -0.2) is 0 Å². The summed E-state index contributed by atoms with van der Waals surface area (Å²) in [5.41, 5.74) is 8.82. The minimum atomic E-state index is 0.398. The summed E-state index contributed by atoms with van der Waals surface area (Å²) in [6, 6.07) is 8.85. The van der Waals surface area contributed by atoms with Gasteiger partial charge in [-0.1, -0.05) is 26.0 Å². The van der Waals surface area contributed by atoms with E-state index in [1.54, 1.807) is 0 Å². The summed E-state index contributed by atoms with van der Waals surface area (Å²) < 4.78 is 0. The quantitative estimate of drug-likeness (QED) is 0.789. The van der Waals surface area contributed by atoms with E-state index in [1.807, 2.05) is 0 Å². The molecule has 0 heterocycles. The number of hydrogen-bond acceptors (Lipinski definition) is 2. The van der Waals surface area contributed by atoms with Crippen LogP contribution in [0.1, 0.15) is 44.6 Å². The van der Waals surface area contributed by atoms with Gasteiger partial charge in [0.15, 0.2) is 0 Å². The van der Waals surface area contributed by atoms with Crippen LogP contribution in [0.15, 0.2) is 24.3 Å². The third kappa shape index (κ3) is 3.01. The van der Waals surface area contributed by atoms with Crippen molar-refractivity contribution >= 4 is 5.69 Å². The number of hydrogen-bond donors (Lipinski definition) is 2. The Kier molecular flexibility index (Phi) is 3.72. The number of nitrogens with two attached hydrogens (primary N) is 1. The molecule has 1 aliphatic carbocycles. The topological polar surface area (TPSA) is 38.0 Å². The molecular formula is C15H24N2. The number of rotatable bonds is 6. The van der Waals surface area contributed by atoms with Gasteiger partial charge in [-0.3, -0.25) is 0 Å². The van der Waals surface area contributed by atoms with Gasteiger partial charge >= 0.3 is 0 Å². The maximum atomic E-state index is 5.77. The van der Waals surface area contributed by atoms with Crippen LogP contribution in [0.25, 0.3) is 0 Å². The minimum absolute atomic E-state index is 0.398. The fourth-order valence-electron chi connectivity index (χ4n) is 2.08. The average molecular weight is 232 g/mol. The molecule has 3 N–H and O–H groups in total. The van der Waals surface area contributed by atoms with E-state index >= 15 is 0 Å². The zero-order valence-corrected chi connectivity index (χ0v) is 11.0. The second-order valence-corrected chi connectivity index (χ2v) is 5.49. The molecule has 1 fully saturated rings. The van der Waals surface area contributed by atoms with Gasteiger partial charge in [-0.2, -0.15) is 0 Å². The third-order valence-electron chi connectivity index (χ3n) is 4.15. The Bertz CT molecular complexity index is 352. The molecule has 0 saturated heterocycles. The lowest BCUT2D eigenvalue weighted by atomic mass is 9.98. The highest BCUT2D eigenvalue weighted by Gasteiger charge is 2.40. The van der Waals surface area contributed by atoms with Crippen molar-refractivity contribution in [2.45, 2.75) is 39.0 Å². The second-order valence-electron chi connectivity index (χ2n) is 5.49. The number of benzene rings is 1.